The molecule has 36 heavy (non-hydrogen) atoms. The zero-order valence-electron chi connectivity index (χ0n) is 20.5. The van der Waals surface area contributed by atoms with E-state index in [1.54, 1.807) is 6.26 Å². The van der Waals surface area contributed by atoms with Crippen LogP contribution >= 0.6 is 0 Å². The Morgan fingerprint density at radius 3 is 2.72 bits per heavy atom. The van der Waals surface area contributed by atoms with Crippen LogP contribution in [-0.4, -0.2) is 42.9 Å². The van der Waals surface area contributed by atoms with Crippen LogP contribution in [0.15, 0.2) is 45.8 Å². The number of aromatic amines is 1. The molecule has 3 aromatic heterocycles. The van der Waals surface area contributed by atoms with Crippen LogP contribution < -0.4 is 15.0 Å². The molecule has 6 rings (SSSR count). The van der Waals surface area contributed by atoms with Crippen LogP contribution in [0.5, 0.6) is 11.5 Å². The zero-order valence-corrected chi connectivity index (χ0v) is 20.5. The molecule has 0 radical (unpaired) electrons. The lowest BCUT2D eigenvalue weighted by atomic mass is 9.97. The zero-order chi connectivity index (χ0) is 24.6. The Labute approximate surface area is 208 Å². The molecule has 0 unspecified atom stereocenters. The number of nitrogens with one attached hydrogen (secondary N) is 1. The Kier molecular flexibility index (Phi) is 5.96. The van der Waals surface area contributed by atoms with Gasteiger partial charge in [-0.1, -0.05) is 26.7 Å². The number of fused-ring (bicyclic) bond motifs is 2. The molecule has 0 spiro atoms. The van der Waals surface area contributed by atoms with E-state index in [1.807, 2.05) is 35.0 Å². The molecule has 1 atom stereocenters. The smallest absolute Gasteiger partial charge is 0.252 e. The molecule has 2 aliphatic rings. The summed E-state index contributed by atoms with van der Waals surface area (Å²) in [6, 6.07) is 9.80. The Balaban J connectivity index is 1.38. The van der Waals surface area contributed by atoms with Crippen molar-refractivity contribution in [3.05, 3.63) is 64.1 Å². The number of furan rings is 1. The maximum absolute atomic E-state index is 13.2. The summed E-state index contributed by atoms with van der Waals surface area (Å²) >= 11 is 0. The molecule has 0 saturated heterocycles. The van der Waals surface area contributed by atoms with E-state index in [4.69, 9.17) is 13.9 Å². The van der Waals surface area contributed by atoms with Crippen molar-refractivity contribution < 1.29 is 13.9 Å². The quantitative estimate of drug-likeness (QED) is 0.394. The van der Waals surface area contributed by atoms with E-state index in [0.29, 0.717) is 36.2 Å². The summed E-state index contributed by atoms with van der Waals surface area (Å²) in [4.78, 5) is 18.7. The molecule has 1 N–H and O–H groups in total. The average molecular weight is 491 g/mol. The molecule has 1 aliphatic carbocycles. The van der Waals surface area contributed by atoms with Crippen molar-refractivity contribution in [2.45, 2.75) is 64.7 Å². The molecule has 10 heteroatoms. The highest BCUT2D eigenvalue weighted by atomic mass is 16.7. The first-order valence-corrected chi connectivity index (χ1v) is 12.6. The minimum Gasteiger partial charge on any atom is -0.467 e. The van der Waals surface area contributed by atoms with E-state index in [9.17, 15) is 4.79 Å². The highest BCUT2D eigenvalue weighted by molar-refractivity contribution is 5.83. The van der Waals surface area contributed by atoms with Gasteiger partial charge >= 0.3 is 0 Å². The molecule has 4 aromatic rings. The van der Waals surface area contributed by atoms with E-state index >= 15 is 0 Å². The Hall–Kier alpha value is -3.66. The number of hydrogen-bond acceptors (Lipinski definition) is 8. The summed E-state index contributed by atoms with van der Waals surface area (Å²) in [6.45, 7) is 5.52. The number of nitrogens with zero attached hydrogens (tertiary/aromatic N) is 5. The SMILES string of the molecule is CC(C)[C@@H](c1nnnn1Cc1ccco1)N(Cc1cc2cc3c(cc2[nH]c1=O)OCO3)C1CCCC1. The number of pyridine rings is 1. The second kappa shape index (κ2) is 9.42. The number of tetrazole rings is 1. The molecule has 1 aliphatic heterocycles. The predicted molar refractivity (Wildman–Crippen MR) is 132 cm³/mol. The van der Waals surface area contributed by atoms with E-state index in [0.717, 1.165) is 35.3 Å². The van der Waals surface area contributed by atoms with Crippen molar-refractivity contribution in [1.29, 1.82) is 0 Å². The van der Waals surface area contributed by atoms with Gasteiger partial charge in [-0.3, -0.25) is 9.69 Å². The summed E-state index contributed by atoms with van der Waals surface area (Å²) in [7, 11) is 0. The summed E-state index contributed by atoms with van der Waals surface area (Å²) in [6.07, 6.45) is 6.20. The van der Waals surface area contributed by atoms with Crippen LogP contribution in [0.25, 0.3) is 10.9 Å². The summed E-state index contributed by atoms with van der Waals surface area (Å²) in [5.74, 6) is 3.16. The highest BCUT2D eigenvalue weighted by Crippen LogP contribution is 2.37. The summed E-state index contributed by atoms with van der Waals surface area (Å²) in [5.41, 5.74) is 1.36. The molecule has 4 heterocycles. The second-order valence-corrected chi connectivity index (χ2v) is 9.99. The Bertz CT molecular complexity index is 1400. The first kappa shape index (κ1) is 22.8. The lowest BCUT2D eigenvalue weighted by Gasteiger charge is -2.37. The van der Waals surface area contributed by atoms with Crippen molar-refractivity contribution in [2.24, 2.45) is 5.92 Å². The highest BCUT2D eigenvalue weighted by Gasteiger charge is 2.35. The van der Waals surface area contributed by atoms with Crippen molar-refractivity contribution >= 4 is 10.9 Å². The summed E-state index contributed by atoms with van der Waals surface area (Å²) in [5, 5.41) is 13.7. The Morgan fingerprint density at radius 2 is 1.97 bits per heavy atom. The number of H-pyrrole nitrogens is 1. The standard InChI is InChI=1S/C26H30N6O4/c1-16(2)24(25-28-29-30-32(25)14-20-8-5-9-34-20)31(19-6-3-4-7-19)13-18-10-17-11-22-23(36-15-35-22)12-21(17)27-26(18)33/h5,8-12,16,19,24H,3-4,6-7,13-15H2,1-2H3,(H,27,33)/t24-/m0/s1. The fourth-order valence-corrected chi connectivity index (χ4v) is 5.56. The van der Waals surface area contributed by atoms with E-state index < -0.39 is 0 Å². The van der Waals surface area contributed by atoms with Gasteiger partial charge in [0.05, 0.1) is 17.8 Å². The topological polar surface area (TPSA) is 111 Å². The molecule has 1 saturated carbocycles. The van der Waals surface area contributed by atoms with Crippen LogP contribution in [0, 0.1) is 5.92 Å². The first-order chi connectivity index (χ1) is 17.6. The minimum atomic E-state index is -0.0953. The van der Waals surface area contributed by atoms with Crippen LogP contribution in [-0.2, 0) is 13.1 Å². The van der Waals surface area contributed by atoms with Crippen LogP contribution in [0.4, 0.5) is 0 Å². The van der Waals surface area contributed by atoms with Crippen LogP contribution in [0.3, 0.4) is 0 Å². The third-order valence-corrected chi connectivity index (χ3v) is 7.26. The van der Waals surface area contributed by atoms with Crippen molar-refractivity contribution in [2.75, 3.05) is 6.79 Å². The average Bonchev–Trinajstić information content (AvgIpc) is 3.66. The van der Waals surface area contributed by atoms with Gasteiger partial charge in [-0.15, -0.1) is 5.10 Å². The van der Waals surface area contributed by atoms with Gasteiger partial charge in [0.15, 0.2) is 17.3 Å². The van der Waals surface area contributed by atoms with Crippen molar-refractivity contribution in [3.63, 3.8) is 0 Å². The van der Waals surface area contributed by atoms with Crippen LogP contribution in [0.1, 0.15) is 62.7 Å². The largest absolute Gasteiger partial charge is 0.467 e. The Morgan fingerprint density at radius 1 is 1.17 bits per heavy atom. The fraction of sp³-hybridized carbons (Fsp3) is 0.462. The molecule has 1 fully saturated rings. The first-order valence-electron chi connectivity index (χ1n) is 12.6. The maximum atomic E-state index is 13.2. The second-order valence-electron chi connectivity index (χ2n) is 9.99. The van der Waals surface area contributed by atoms with E-state index in [-0.39, 0.29) is 24.3 Å². The third kappa shape index (κ3) is 4.26. The lowest BCUT2D eigenvalue weighted by Crippen LogP contribution is -2.41. The van der Waals surface area contributed by atoms with Crippen molar-refractivity contribution in [1.82, 2.24) is 30.1 Å². The maximum Gasteiger partial charge on any atom is 0.252 e. The van der Waals surface area contributed by atoms with Gasteiger partial charge in [0.1, 0.15) is 12.3 Å². The summed E-state index contributed by atoms with van der Waals surface area (Å²) < 4.78 is 18.4. The minimum absolute atomic E-state index is 0.0649. The van der Waals surface area contributed by atoms with Gasteiger partial charge in [0.2, 0.25) is 6.79 Å². The monoisotopic (exact) mass is 490 g/mol. The van der Waals surface area contributed by atoms with Gasteiger partial charge in [0, 0.05) is 29.6 Å². The number of aromatic nitrogens is 5. The van der Waals surface area contributed by atoms with E-state index in [2.05, 4.69) is 39.3 Å². The van der Waals surface area contributed by atoms with Gasteiger partial charge in [-0.25, -0.2) is 4.68 Å². The molecule has 0 bridgehead atoms. The molecule has 188 valence electrons. The van der Waals surface area contributed by atoms with Gasteiger partial charge < -0.3 is 18.9 Å². The number of rotatable bonds is 8. The molecule has 10 nitrogen and oxygen atoms in total. The van der Waals surface area contributed by atoms with Gasteiger partial charge in [0.25, 0.3) is 5.56 Å². The normalized spacial score (nSPS) is 16.6. The van der Waals surface area contributed by atoms with E-state index in [1.165, 1.54) is 12.8 Å². The van der Waals surface area contributed by atoms with Crippen LogP contribution in [0.2, 0.25) is 0 Å². The number of ether oxygens (including phenoxy) is 2. The molecular formula is C26H30N6O4. The fourth-order valence-electron chi connectivity index (χ4n) is 5.56. The number of benzene rings is 1. The number of hydrogen-bond donors (Lipinski definition) is 1. The predicted octanol–water partition coefficient (Wildman–Crippen LogP) is 4.03. The van der Waals surface area contributed by atoms with Gasteiger partial charge in [-0.2, -0.15) is 0 Å². The molecular weight excluding hydrogens is 460 g/mol. The van der Waals surface area contributed by atoms with Gasteiger partial charge in [-0.05, 0) is 53.5 Å². The molecule has 0 amide bonds. The lowest BCUT2D eigenvalue weighted by molar-refractivity contribution is 0.0842. The van der Waals surface area contributed by atoms with Crippen molar-refractivity contribution in [3.8, 4) is 11.5 Å². The third-order valence-electron chi connectivity index (χ3n) is 7.26. The molecule has 1 aromatic carbocycles.